The van der Waals surface area contributed by atoms with Crippen molar-refractivity contribution in [1.29, 1.82) is 0 Å². The van der Waals surface area contributed by atoms with Crippen LogP contribution < -0.4 is 21.9 Å². The molecule has 1 aliphatic heterocycles. The minimum Gasteiger partial charge on any atom is -0.327 e. The van der Waals surface area contributed by atoms with Crippen molar-refractivity contribution in [2.75, 3.05) is 5.32 Å². The van der Waals surface area contributed by atoms with Crippen LogP contribution in [-0.4, -0.2) is 15.2 Å². The number of nitrogens with zero attached hydrogens (tertiary/aromatic N) is 2. The molecule has 7 nitrogen and oxygen atoms in total. The van der Waals surface area contributed by atoms with Gasteiger partial charge in [-0.1, -0.05) is 38.1 Å². The average Bonchev–Trinajstić information content (AvgIpc) is 2.57. The third kappa shape index (κ3) is 2.42. The molecule has 0 spiro atoms. The smallest absolute Gasteiger partial charge is 0.327 e. The summed E-state index contributed by atoms with van der Waals surface area (Å²) in [7, 11) is 2.96. The minimum absolute atomic E-state index is 0.241. The Morgan fingerprint density at radius 3 is 2.21 bits per heavy atom. The fourth-order valence-corrected chi connectivity index (χ4v) is 2.95. The second-order valence-corrected chi connectivity index (χ2v) is 6.32. The van der Waals surface area contributed by atoms with Crippen molar-refractivity contribution in [3.05, 3.63) is 61.8 Å². The molecule has 0 aliphatic carbocycles. The molecule has 0 saturated heterocycles. The Labute approximate surface area is 138 Å². The third-order valence-corrected chi connectivity index (χ3v) is 4.43. The summed E-state index contributed by atoms with van der Waals surface area (Å²) in [5.74, 6) is 0.632. The predicted octanol–water partition coefficient (Wildman–Crippen LogP) is 1.43. The molecule has 3 rings (SSSR count). The Bertz CT molecular complexity index is 923. The lowest BCUT2D eigenvalue weighted by molar-refractivity contribution is 0.248. The maximum absolute atomic E-state index is 12.6. The van der Waals surface area contributed by atoms with Crippen molar-refractivity contribution in [3.8, 4) is 0 Å². The van der Waals surface area contributed by atoms with Gasteiger partial charge in [0.25, 0.3) is 5.56 Å². The van der Waals surface area contributed by atoms with Crippen LogP contribution in [0.15, 0.2) is 33.9 Å². The van der Waals surface area contributed by atoms with E-state index in [1.54, 1.807) is 0 Å². The first-order valence-electron chi connectivity index (χ1n) is 7.78. The van der Waals surface area contributed by atoms with E-state index < -0.39 is 23.3 Å². The number of urea groups is 1. The van der Waals surface area contributed by atoms with Crippen LogP contribution in [0.3, 0.4) is 0 Å². The first-order chi connectivity index (χ1) is 11.3. The number of hydrogen-bond donors (Lipinski definition) is 2. The molecule has 0 bridgehead atoms. The lowest BCUT2D eigenvalue weighted by atomic mass is 9.95. The van der Waals surface area contributed by atoms with E-state index in [1.807, 2.05) is 24.3 Å². The summed E-state index contributed by atoms with van der Waals surface area (Å²) in [5.41, 5.74) is 1.43. The van der Waals surface area contributed by atoms with Crippen LogP contribution in [0.25, 0.3) is 0 Å². The summed E-state index contributed by atoms with van der Waals surface area (Å²) in [6.07, 6.45) is 0. The Balaban J connectivity index is 2.21. The van der Waals surface area contributed by atoms with Gasteiger partial charge >= 0.3 is 11.7 Å². The highest BCUT2D eigenvalue weighted by Crippen LogP contribution is 2.29. The maximum Gasteiger partial charge on any atom is 0.332 e. The van der Waals surface area contributed by atoms with E-state index in [0.717, 1.165) is 10.1 Å². The summed E-state index contributed by atoms with van der Waals surface area (Å²) in [4.78, 5) is 36.7. The second kappa shape index (κ2) is 5.67. The largest absolute Gasteiger partial charge is 0.332 e. The van der Waals surface area contributed by atoms with Crippen LogP contribution >= 0.6 is 0 Å². The second-order valence-electron chi connectivity index (χ2n) is 6.32. The molecule has 126 valence electrons. The van der Waals surface area contributed by atoms with Crippen LogP contribution in [0.4, 0.5) is 10.6 Å². The van der Waals surface area contributed by atoms with Crippen molar-refractivity contribution in [3.63, 3.8) is 0 Å². The first kappa shape index (κ1) is 16.0. The topological polar surface area (TPSA) is 85.1 Å². The summed E-state index contributed by atoms with van der Waals surface area (Å²) in [6.45, 7) is 4.20. The van der Waals surface area contributed by atoms with Crippen LogP contribution in [0, 0.1) is 0 Å². The highest BCUT2D eigenvalue weighted by Gasteiger charge is 2.31. The van der Waals surface area contributed by atoms with E-state index >= 15 is 0 Å². The van der Waals surface area contributed by atoms with Gasteiger partial charge in [-0.3, -0.25) is 19.2 Å². The molecule has 2 amide bonds. The SMILES string of the molecule is CC(C)c1ccc(C2NC(=O)Nc3c2c(=O)n(C)c(=O)n3C)cc1. The number of carbonyl (C=O) groups is 1. The molecular formula is C17H20N4O3. The zero-order valence-electron chi connectivity index (χ0n) is 14.1. The van der Waals surface area contributed by atoms with E-state index in [2.05, 4.69) is 24.5 Å². The van der Waals surface area contributed by atoms with Crippen molar-refractivity contribution >= 4 is 11.8 Å². The quantitative estimate of drug-likeness (QED) is 0.874. The van der Waals surface area contributed by atoms with Crippen LogP contribution in [0.2, 0.25) is 0 Å². The highest BCUT2D eigenvalue weighted by atomic mass is 16.2. The van der Waals surface area contributed by atoms with E-state index in [4.69, 9.17) is 0 Å². The Morgan fingerprint density at radius 1 is 1.00 bits per heavy atom. The molecule has 1 atom stereocenters. The lowest BCUT2D eigenvalue weighted by Crippen LogP contribution is -2.49. The number of hydrogen-bond acceptors (Lipinski definition) is 3. The Morgan fingerprint density at radius 2 is 1.62 bits per heavy atom. The summed E-state index contributed by atoms with van der Waals surface area (Å²) < 4.78 is 2.33. The standard InChI is InChI=1S/C17H20N4O3/c1-9(2)10-5-7-11(8-6-10)13-12-14(19-16(23)18-13)20(3)17(24)21(4)15(12)22/h5-9,13H,1-4H3,(H2,18,19,23). The normalized spacial score (nSPS) is 16.5. The average molecular weight is 328 g/mol. The number of rotatable bonds is 2. The zero-order chi connectivity index (χ0) is 17.6. The summed E-state index contributed by atoms with van der Waals surface area (Å²) >= 11 is 0. The number of amides is 2. The molecule has 0 saturated carbocycles. The van der Waals surface area contributed by atoms with Crippen molar-refractivity contribution in [1.82, 2.24) is 14.5 Å². The molecule has 1 aliphatic rings. The van der Waals surface area contributed by atoms with E-state index in [9.17, 15) is 14.4 Å². The lowest BCUT2D eigenvalue weighted by Gasteiger charge is -2.28. The number of carbonyl (C=O) groups excluding carboxylic acids is 1. The van der Waals surface area contributed by atoms with Gasteiger partial charge in [-0.15, -0.1) is 0 Å². The van der Waals surface area contributed by atoms with Gasteiger partial charge in [-0.2, -0.15) is 0 Å². The molecule has 0 fully saturated rings. The Hall–Kier alpha value is -2.83. The number of aromatic nitrogens is 2. The number of fused-ring (bicyclic) bond motifs is 1. The monoisotopic (exact) mass is 328 g/mol. The molecule has 1 aromatic carbocycles. The van der Waals surface area contributed by atoms with Gasteiger partial charge in [0.2, 0.25) is 0 Å². The van der Waals surface area contributed by atoms with Gasteiger partial charge in [0.1, 0.15) is 5.82 Å². The van der Waals surface area contributed by atoms with Gasteiger partial charge < -0.3 is 5.32 Å². The molecular weight excluding hydrogens is 308 g/mol. The van der Waals surface area contributed by atoms with E-state index in [-0.39, 0.29) is 5.82 Å². The number of nitrogens with one attached hydrogen (secondary N) is 2. The van der Waals surface area contributed by atoms with E-state index in [0.29, 0.717) is 11.5 Å². The van der Waals surface area contributed by atoms with Gasteiger partial charge in [-0.25, -0.2) is 9.59 Å². The fourth-order valence-electron chi connectivity index (χ4n) is 2.95. The van der Waals surface area contributed by atoms with Gasteiger partial charge in [0.05, 0.1) is 11.6 Å². The summed E-state index contributed by atoms with van der Waals surface area (Å²) in [5, 5.41) is 5.34. The van der Waals surface area contributed by atoms with Crippen molar-refractivity contribution in [2.45, 2.75) is 25.8 Å². The van der Waals surface area contributed by atoms with Crippen LogP contribution in [0.1, 0.15) is 42.5 Å². The fraction of sp³-hybridized carbons (Fsp3) is 0.353. The molecule has 7 heteroatoms. The van der Waals surface area contributed by atoms with Gasteiger partial charge in [0.15, 0.2) is 0 Å². The van der Waals surface area contributed by atoms with E-state index in [1.165, 1.54) is 24.2 Å². The highest BCUT2D eigenvalue weighted by molar-refractivity contribution is 5.92. The minimum atomic E-state index is -0.597. The van der Waals surface area contributed by atoms with Gasteiger partial charge in [-0.05, 0) is 17.0 Å². The summed E-state index contributed by atoms with van der Waals surface area (Å²) in [6, 6.07) is 6.74. The van der Waals surface area contributed by atoms with Crippen LogP contribution in [0.5, 0.6) is 0 Å². The van der Waals surface area contributed by atoms with Crippen molar-refractivity contribution in [2.24, 2.45) is 14.1 Å². The molecule has 24 heavy (non-hydrogen) atoms. The molecule has 2 heterocycles. The van der Waals surface area contributed by atoms with Crippen LogP contribution in [-0.2, 0) is 14.1 Å². The molecule has 2 N–H and O–H groups in total. The number of anilines is 1. The first-order valence-corrected chi connectivity index (χ1v) is 7.78. The predicted molar refractivity (Wildman–Crippen MR) is 91.5 cm³/mol. The molecule has 1 unspecified atom stereocenters. The number of benzene rings is 1. The molecule has 0 radical (unpaired) electrons. The van der Waals surface area contributed by atoms with Crippen molar-refractivity contribution < 1.29 is 4.79 Å². The zero-order valence-corrected chi connectivity index (χ0v) is 14.1. The molecule has 2 aromatic rings. The third-order valence-electron chi connectivity index (χ3n) is 4.43. The van der Waals surface area contributed by atoms with Gasteiger partial charge in [0, 0.05) is 14.1 Å². The maximum atomic E-state index is 12.6. The Kier molecular flexibility index (Phi) is 3.79. The molecule has 1 aromatic heterocycles.